The van der Waals surface area contributed by atoms with Crippen LogP contribution in [0.25, 0.3) is 0 Å². The number of hydroxylamine groups is 3. The van der Waals surface area contributed by atoms with Gasteiger partial charge in [0, 0.05) is 18.4 Å². The van der Waals surface area contributed by atoms with E-state index in [0.717, 1.165) is 5.56 Å². The Balaban J connectivity index is 2.17. The molecule has 3 heteroatoms. The largest absolute Gasteiger partial charge is 0.625 e. The lowest BCUT2D eigenvalue weighted by Gasteiger charge is -2.35. The smallest absolute Gasteiger partial charge is 0.346 e. The molecule has 1 aromatic rings. The van der Waals surface area contributed by atoms with Crippen molar-refractivity contribution in [2.24, 2.45) is 0 Å². The average molecular weight is 215 g/mol. The number of nitrogens with zero attached hydrogens (tertiary/aromatic N) is 1. The highest BCUT2D eigenvalue weighted by Crippen LogP contribution is 2.29. The highest BCUT2D eigenvalue weighted by molar-refractivity contribution is 5.92. The zero-order valence-corrected chi connectivity index (χ0v) is 8.98. The van der Waals surface area contributed by atoms with E-state index >= 15 is 0 Å². The summed E-state index contributed by atoms with van der Waals surface area (Å²) in [6, 6.07) is 7.19. The quantitative estimate of drug-likeness (QED) is 0.335. The van der Waals surface area contributed by atoms with Crippen LogP contribution in [0.1, 0.15) is 28.8 Å². The second-order valence-corrected chi connectivity index (χ2v) is 4.04. The van der Waals surface area contributed by atoms with E-state index in [1.165, 1.54) is 0 Å². The molecule has 0 aliphatic carbocycles. The minimum absolute atomic E-state index is 0.250. The third-order valence-electron chi connectivity index (χ3n) is 2.88. The fourth-order valence-electron chi connectivity index (χ4n) is 2.05. The molecule has 0 bridgehead atoms. The van der Waals surface area contributed by atoms with Crippen molar-refractivity contribution in [3.05, 3.63) is 40.6 Å². The number of fused-ring (bicyclic) bond motifs is 1. The number of benzene rings is 1. The molecule has 1 amide bonds. The van der Waals surface area contributed by atoms with Crippen molar-refractivity contribution >= 4 is 5.91 Å². The van der Waals surface area contributed by atoms with E-state index in [1.807, 2.05) is 12.1 Å². The molecule has 0 spiro atoms. The van der Waals surface area contributed by atoms with Crippen LogP contribution in [0.3, 0.4) is 0 Å². The Hall–Kier alpha value is -1.63. The number of carbonyl (C=O) groups is 1. The Morgan fingerprint density at radius 3 is 2.88 bits per heavy atom. The standard InChI is InChI=1S/C13H13NO2/c1-2-3-6-9-14(16)10-11-7-4-5-8-12(11)13(14)15/h1,4-5,7-8H,3,6,9-10H2. The molecule has 0 fully saturated rings. The van der Waals surface area contributed by atoms with Gasteiger partial charge in [0.15, 0.2) is 0 Å². The molecule has 0 aromatic heterocycles. The van der Waals surface area contributed by atoms with Gasteiger partial charge in [-0.2, -0.15) is 0 Å². The lowest BCUT2D eigenvalue weighted by Crippen LogP contribution is -2.42. The summed E-state index contributed by atoms with van der Waals surface area (Å²) in [5, 5.41) is 12.3. The van der Waals surface area contributed by atoms with Gasteiger partial charge in [0.1, 0.15) is 6.54 Å². The summed E-state index contributed by atoms with van der Waals surface area (Å²) in [5.74, 6) is 2.16. The molecule has 2 rings (SSSR count). The molecule has 1 aliphatic rings. The highest BCUT2D eigenvalue weighted by atomic mass is 16.6. The average Bonchev–Trinajstić information content (AvgIpc) is 2.53. The van der Waals surface area contributed by atoms with E-state index in [4.69, 9.17) is 6.42 Å². The Morgan fingerprint density at radius 2 is 2.19 bits per heavy atom. The normalized spacial score (nSPS) is 22.9. The number of carbonyl (C=O) groups excluding carboxylic acids is 1. The van der Waals surface area contributed by atoms with Crippen LogP contribution in [0.15, 0.2) is 24.3 Å². The van der Waals surface area contributed by atoms with Crippen molar-refractivity contribution < 1.29 is 9.44 Å². The fourth-order valence-corrected chi connectivity index (χ4v) is 2.05. The molecule has 1 heterocycles. The molecule has 0 saturated carbocycles. The minimum Gasteiger partial charge on any atom is -0.625 e. The SMILES string of the molecule is C#CCCC[N+]1([O-])Cc2ccccc2C1=O. The van der Waals surface area contributed by atoms with Crippen LogP contribution in [0.2, 0.25) is 0 Å². The number of hydrogen-bond acceptors (Lipinski definition) is 2. The van der Waals surface area contributed by atoms with Gasteiger partial charge in [0.05, 0.1) is 12.1 Å². The van der Waals surface area contributed by atoms with Crippen molar-refractivity contribution in [1.29, 1.82) is 0 Å². The summed E-state index contributed by atoms with van der Waals surface area (Å²) in [7, 11) is 0. The minimum atomic E-state index is -0.777. The molecule has 16 heavy (non-hydrogen) atoms. The molecule has 3 nitrogen and oxygen atoms in total. The Morgan fingerprint density at radius 1 is 1.44 bits per heavy atom. The van der Waals surface area contributed by atoms with Crippen LogP contribution in [-0.4, -0.2) is 17.1 Å². The predicted octanol–water partition coefficient (Wildman–Crippen LogP) is 2.07. The molecule has 1 atom stereocenters. The van der Waals surface area contributed by atoms with Crippen LogP contribution < -0.4 is 0 Å². The number of amides is 1. The summed E-state index contributed by atoms with van der Waals surface area (Å²) in [5.41, 5.74) is 1.42. The van der Waals surface area contributed by atoms with Crippen LogP contribution in [0, 0.1) is 17.6 Å². The summed E-state index contributed by atoms with van der Waals surface area (Å²) in [4.78, 5) is 11.9. The zero-order valence-electron chi connectivity index (χ0n) is 8.98. The van der Waals surface area contributed by atoms with E-state index < -0.39 is 4.65 Å². The van der Waals surface area contributed by atoms with Crippen LogP contribution >= 0.6 is 0 Å². The summed E-state index contributed by atoms with van der Waals surface area (Å²) in [6.07, 6.45) is 6.28. The first-order valence-electron chi connectivity index (χ1n) is 5.32. The lowest BCUT2D eigenvalue weighted by molar-refractivity contribution is -0.807. The second kappa shape index (κ2) is 4.09. The fraction of sp³-hybridized carbons (Fsp3) is 0.308. The van der Waals surface area contributed by atoms with E-state index in [9.17, 15) is 10.0 Å². The first-order chi connectivity index (χ1) is 7.67. The van der Waals surface area contributed by atoms with Gasteiger partial charge in [-0.05, 0) is 6.07 Å². The van der Waals surface area contributed by atoms with Gasteiger partial charge in [0.25, 0.3) is 0 Å². The Labute approximate surface area is 94.9 Å². The van der Waals surface area contributed by atoms with E-state index in [-0.39, 0.29) is 19.0 Å². The maximum atomic E-state index is 12.3. The zero-order chi connectivity index (χ0) is 11.6. The van der Waals surface area contributed by atoms with Crippen molar-refractivity contribution in [2.75, 3.05) is 6.54 Å². The molecule has 0 radical (unpaired) electrons. The molecule has 1 aliphatic heterocycles. The molecule has 82 valence electrons. The summed E-state index contributed by atoms with van der Waals surface area (Å²) >= 11 is 0. The summed E-state index contributed by atoms with van der Waals surface area (Å²) < 4.78 is -0.777. The lowest BCUT2D eigenvalue weighted by atomic mass is 10.1. The van der Waals surface area contributed by atoms with Gasteiger partial charge in [-0.3, -0.25) is 4.65 Å². The third-order valence-corrected chi connectivity index (χ3v) is 2.88. The van der Waals surface area contributed by atoms with Crippen LogP contribution in [-0.2, 0) is 6.54 Å². The van der Waals surface area contributed by atoms with Crippen molar-refractivity contribution in [3.63, 3.8) is 0 Å². The van der Waals surface area contributed by atoms with Crippen LogP contribution in [0.5, 0.6) is 0 Å². The van der Waals surface area contributed by atoms with Crippen LogP contribution in [0.4, 0.5) is 0 Å². The maximum absolute atomic E-state index is 12.3. The topological polar surface area (TPSA) is 40.1 Å². The predicted molar refractivity (Wildman–Crippen MR) is 61.0 cm³/mol. The van der Waals surface area contributed by atoms with E-state index in [1.54, 1.807) is 12.1 Å². The highest BCUT2D eigenvalue weighted by Gasteiger charge is 2.37. The molecular formula is C13H13NO2. The molecular weight excluding hydrogens is 202 g/mol. The van der Waals surface area contributed by atoms with Gasteiger partial charge in [-0.1, -0.05) is 18.2 Å². The number of hydrogen-bond donors (Lipinski definition) is 0. The number of unbranched alkanes of at least 4 members (excludes halogenated alkanes) is 1. The first kappa shape index (κ1) is 10.9. The molecule has 1 unspecified atom stereocenters. The van der Waals surface area contributed by atoms with E-state index in [2.05, 4.69) is 5.92 Å². The van der Waals surface area contributed by atoms with Gasteiger partial charge in [0.2, 0.25) is 0 Å². The van der Waals surface area contributed by atoms with E-state index in [0.29, 0.717) is 18.4 Å². The maximum Gasteiger partial charge on any atom is 0.346 e. The molecule has 0 N–H and O–H groups in total. The Kier molecular flexibility index (Phi) is 2.78. The van der Waals surface area contributed by atoms with Crippen molar-refractivity contribution in [3.8, 4) is 12.3 Å². The Bertz CT molecular complexity index is 461. The van der Waals surface area contributed by atoms with Gasteiger partial charge < -0.3 is 5.21 Å². The summed E-state index contributed by atoms with van der Waals surface area (Å²) in [6.45, 7) is 0.525. The van der Waals surface area contributed by atoms with Gasteiger partial charge in [-0.25, -0.2) is 4.79 Å². The third kappa shape index (κ3) is 1.73. The van der Waals surface area contributed by atoms with Gasteiger partial charge >= 0.3 is 5.91 Å². The number of terminal acetylenes is 1. The van der Waals surface area contributed by atoms with Crippen molar-refractivity contribution in [2.45, 2.75) is 19.4 Å². The number of rotatable bonds is 3. The number of quaternary nitrogens is 1. The first-order valence-corrected chi connectivity index (χ1v) is 5.32. The van der Waals surface area contributed by atoms with Crippen molar-refractivity contribution in [1.82, 2.24) is 0 Å². The van der Waals surface area contributed by atoms with Gasteiger partial charge in [-0.15, -0.1) is 12.3 Å². The second-order valence-electron chi connectivity index (χ2n) is 4.04. The molecule has 1 aromatic carbocycles. The molecule has 0 saturated heterocycles. The monoisotopic (exact) mass is 215 g/mol.